The first-order valence-electron chi connectivity index (χ1n) is 3.56. The summed E-state index contributed by atoms with van der Waals surface area (Å²) in [4.78, 5) is 0. The van der Waals surface area contributed by atoms with Crippen LogP contribution in [0, 0.1) is 5.92 Å². The average Bonchev–Trinajstić information content (AvgIpc) is 1.66. The molecule has 0 bridgehead atoms. The molecule has 1 nitrogen and oxygen atoms in total. The van der Waals surface area contributed by atoms with Crippen LogP contribution in [0.25, 0.3) is 0 Å². The van der Waals surface area contributed by atoms with E-state index >= 15 is 0 Å². The van der Waals surface area contributed by atoms with Gasteiger partial charge in [0.2, 0.25) is 0 Å². The summed E-state index contributed by atoms with van der Waals surface area (Å²) < 4.78 is 0. The number of hydrogen-bond acceptors (Lipinski definition) is 0. The van der Waals surface area contributed by atoms with Gasteiger partial charge < -0.3 is 5.73 Å². The topological polar surface area (TPSA) is 27.6 Å². The van der Waals surface area contributed by atoms with Crippen molar-refractivity contribution >= 4 is 0 Å². The molecular weight excluding hydrogens is 98.1 g/mol. The van der Waals surface area contributed by atoms with Gasteiger partial charge in [-0.1, -0.05) is 20.3 Å². The fourth-order valence-corrected chi connectivity index (χ4v) is 0.729. The average molecular weight is 116 g/mol. The quantitative estimate of drug-likeness (QED) is 0.532. The Hall–Kier alpha value is -0.0400. The van der Waals surface area contributed by atoms with E-state index in [1.807, 2.05) is 0 Å². The summed E-state index contributed by atoms with van der Waals surface area (Å²) in [7, 11) is 0. The Bertz CT molecular complexity index is 41.7. The fraction of sp³-hybridized carbons (Fsp3) is 1.00. The zero-order valence-corrected chi connectivity index (χ0v) is 6.11. The summed E-state index contributed by atoms with van der Waals surface area (Å²) >= 11 is 0. The lowest BCUT2D eigenvalue weighted by Crippen LogP contribution is -2.50. The van der Waals surface area contributed by atoms with Crippen LogP contribution in [0.5, 0.6) is 0 Å². The van der Waals surface area contributed by atoms with Crippen LogP contribution >= 0.6 is 0 Å². The van der Waals surface area contributed by atoms with Crippen molar-refractivity contribution in [3.05, 3.63) is 0 Å². The van der Waals surface area contributed by atoms with Crippen LogP contribution in [0.15, 0.2) is 0 Å². The summed E-state index contributed by atoms with van der Waals surface area (Å²) in [6.07, 6.45) is 4.04. The van der Waals surface area contributed by atoms with Gasteiger partial charge in [0, 0.05) is 0 Å². The zero-order valence-electron chi connectivity index (χ0n) is 6.11. The van der Waals surface area contributed by atoms with Crippen molar-refractivity contribution in [1.82, 2.24) is 0 Å². The molecule has 0 aliphatic heterocycles. The van der Waals surface area contributed by atoms with Crippen molar-refractivity contribution in [3.63, 3.8) is 0 Å². The normalized spacial score (nSPS) is 10.5. The summed E-state index contributed by atoms with van der Waals surface area (Å²) in [6.45, 7) is 5.64. The first-order valence-corrected chi connectivity index (χ1v) is 3.56. The van der Waals surface area contributed by atoms with Gasteiger partial charge in [-0.3, -0.25) is 0 Å². The molecule has 0 aromatic heterocycles. The Morgan fingerprint density at radius 2 is 1.88 bits per heavy atom. The Morgan fingerprint density at radius 3 is 2.25 bits per heavy atom. The highest BCUT2D eigenvalue weighted by Crippen LogP contribution is 2.04. The summed E-state index contributed by atoms with van der Waals surface area (Å²) in [5, 5.41) is 0. The van der Waals surface area contributed by atoms with Gasteiger partial charge in [-0.25, -0.2) is 0 Å². The van der Waals surface area contributed by atoms with Crippen LogP contribution in [0.1, 0.15) is 33.1 Å². The molecule has 0 atom stereocenters. The predicted molar refractivity (Wildman–Crippen MR) is 36.4 cm³/mol. The van der Waals surface area contributed by atoms with Crippen molar-refractivity contribution in [2.75, 3.05) is 6.54 Å². The second-order valence-electron chi connectivity index (χ2n) is 2.74. The standard InChI is InChI=1S/C7H17N/c1-7(2)5-3-4-6-8/h7H,3-6,8H2,1-2H3/p+1. The minimum Gasteiger partial charge on any atom is -0.358 e. The Kier molecular flexibility index (Phi) is 5.08. The van der Waals surface area contributed by atoms with E-state index in [0.717, 1.165) is 12.5 Å². The lowest BCUT2D eigenvalue weighted by atomic mass is 10.1. The molecule has 0 aliphatic carbocycles. The molecule has 8 heavy (non-hydrogen) atoms. The highest BCUT2D eigenvalue weighted by atomic mass is 14.5. The highest BCUT2D eigenvalue weighted by Gasteiger charge is 1.91. The molecule has 0 aromatic carbocycles. The van der Waals surface area contributed by atoms with Gasteiger partial charge in [-0.15, -0.1) is 0 Å². The lowest BCUT2D eigenvalue weighted by Gasteiger charge is -1.99. The third kappa shape index (κ3) is 5.96. The van der Waals surface area contributed by atoms with Crippen molar-refractivity contribution in [2.45, 2.75) is 33.1 Å². The summed E-state index contributed by atoms with van der Waals surface area (Å²) in [5.41, 5.74) is 3.78. The van der Waals surface area contributed by atoms with Crippen LogP contribution in [0.4, 0.5) is 0 Å². The fourth-order valence-electron chi connectivity index (χ4n) is 0.729. The van der Waals surface area contributed by atoms with E-state index in [1.54, 1.807) is 0 Å². The van der Waals surface area contributed by atoms with Crippen LogP contribution in [-0.4, -0.2) is 6.54 Å². The monoisotopic (exact) mass is 116 g/mol. The summed E-state index contributed by atoms with van der Waals surface area (Å²) in [6, 6.07) is 0. The van der Waals surface area contributed by atoms with Crippen LogP contribution < -0.4 is 5.73 Å². The van der Waals surface area contributed by atoms with E-state index in [4.69, 9.17) is 0 Å². The molecule has 0 saturated heterocycles. The van der Waals surface area contributed by atoms with Crippen LogP contribution in [0.3, 0.4) is 0 Å². The van der Waals surface area contributed by atoms with E-state index in [9.17, 15) is 0 Å². The number of quaternary nitrogens is 1. The molecule has 1 heteroatoms. The molecule has 0 aliphatic rings. The molecule has 50 valence electrons. The minimum absolute atomic E-state index is 0.876. The van der Waals surface area contributed by atoms with Gasteiger partial charge in [-0.2, -0.15) is 0 Å². The number of hydrogen-bond donors (Lipinski definition) is 1. The van der Waals surface area contributed by atoms with Crippen LogP contribution in [0.2, 0.25) is 0 Å². The van der Waals surface area contributed by atoms with Gasteiger partial charge in [0.25, 0.3) is 0 Å². The van der Waals surface area contributed by atoms with E-state index in [2.05, 4.69) is 19.6 Å². The molecule has 3 N–H and O–H groups in total. The maximum atomic E-state index is 3.78. The minimum atomic E-state index is 0.876. The van der Waals surface area contributed by atoms with Gasteiger partial charge in [0.05, 0.1) is 6.54 Å². The number of rotatable bonds is 4. The molecule has 0 amide bonds. The Labute approximate surface area is 52.3 Å². The molecule has 0 saturated carbocycles. The largest absolute Gasteiger partial charge is 0.358 e. The van der Waals surface area contributed by atoms with E-state index in [1.165, 1.54) is 19.3 Å². The summed E-state index contributed by atoms with van der Waals surface area (Å²) in [5.74, 6) is 0.876. The van der Waals surface area contributed by atoms with Crippen molar-refractivity contribution in [3.8, 4) is 0 Å². The first-order chi connectivity index (χ1) is 3.77. The molecule has 0 fully saturated rings. The maximum absolute atomic E-state index is 3.78. The second-order valence-corrected chi connectivity index (χ2v) is 2.74. The smallest absolute Gasteiger partial charge is 0.0739 e. The van der Waals surface area contributed by atoms with Gasteiger partial charge >= 0.3 is 0 Å². The molecular formula is C7H18N+. The van der Waals surface area contributed by atoms with E-state index < -0.39 is 0 Å². The second kappa shape index (κ2) is 5.10. The third-order valence-electron chi connectivity index (χ3n) is 1.28. The zero-order chi connectivity index (χ0) is 6.41. The highest BCUT2D eigenvalue weighted by molar-refractivity contribution is 4.44. The maximum Gasteiger partial charge on any atom is 0.0739 e. The van der Waals surface area contributed by atoms with Crippen molar-refractivity contribution in [1.29, 1.82) is 0 Å². The van der Waals surface area contributed by atoms with Crippen LogP contribution in [-0.2, 0) is 0 Å². The predicted octanol–water partition coefficient (Wildman–Crippen LogP) is 1.05. The SMILES string of the molecule is CC(C)CCCC[NH3+]. The Morgan fingerprint density at radius 1 is 1.25 bits per heavy atom. The molecule has 0 spiro atoms. The Balaban J connectivity index is 2.72. The lowest BCUT2D eigenvalue weighted by molar-refractivity contribution is -0.368. The van der Waals surface area contributed by atoms with E-state index in [-0.39, 0.29) is 0 Å². The first kappa shape index (κ1) is 7.96. The van der Waals surface area contributed by atoms with Gasteiger partial charge in [0.1, 0.15) is 0 Å². The molecule has 0 unspecified atom stereocenters. The molecule has 0 heterocycles. The van der Waals surface area contributed by atoms with Gasteiger partial charge in [-0.05, 0) is 18.8 Å². The third-order valence-corrected chi connectivity index (χ3v) is 1.28. The molecule has 0 aromatic rings. The van der Waals surface area contributed by atoms with Crippen molar-refractivity contribution in [2.24, 2.45) is 5.92 Å². The van der Waals surface area contributed by atoms with Crippen molar-refractivity contribution < 1.29 is 5.73 Å². The van der Waals surface area contributed by atoms with Gasteiger partial charge in [0.15, 0.2) is 0 Å². The van der Waals surface area contributed by atoms with E-state index in [0.29, 0.717) is 0 Å². The molecule has 0 rings (SSSR count). The number of unbranched alkanes of at least 4 members (excludes halogenated alkanes) is 1. The molecule has 0 radical (unpaired) electrons.